The molecular weight excluding hydrogens is 400 g/mol. The molecule has 1 amide bonds. The van der Waals surface area contributed by atoms with E-state index >= 15 is 0 Å². The van der Waals surface area contributed by atoms with E-state index in [-0.39, 0.29) is 23.8 Å². The van der Waals surface area contributed by atoms with Gasteiger partial charge < -0.3 is 10.0 Å². The predicted molar refractivity (Wildman–Crippen MR) is 115 cm³/mol. The third kappa shape index (κ3) is 4.58. The highest BCUT2D eigenvalue weighted by Gasteiger charge is 2.44. The van der Waals surface area contributed by atoms with Crippen molar-refractivity contribution in [3.05, 3.63) is 29.8 Å². The first-order valence-electron chi connectivity index (χ1n) is 11.4. The highest BCUT2D eigenvalue weighted by molar-refractivity contribution is 7.89. The maximum atomic E-state index is 13.1. The minimum atomic E-state index is -3.53. The van der Waals surface area contributed by atoms with Crippen molar-refractivity contribution in [3.63, 3.8) is 0 Å². The molecule has 2 saturated carbocycles. The molecule has 2 aliphatic carbocycles. The van der Waals surface area contributed by atoms with Crippen LogP contribution >= 0.6 is 0 Å². The first-order valence-corrected chi connectivity index (χ1v) is 12.9. The normalized spacial score (nSPS) is 32.5. The number of piperidine rings is 1. The topological polar surface area (TPSA) is 86.7 Å². The zero-order valence-corrected chi connectivity index (χ0v) is 18.7. The lowest BCUT2D eigenvalue weighted by atomic mass is 9.71. The van der Waals surface area contributed by atoms with Crippen molar-refractivity contribution < 1.29 is 18.3 Å². The quantitative estimate of drug-likeness (QED) is 0.763. The molecule has 30 heavy (non-hydrogen) atoms. The number of likely N-dealkylation sites (tertiary alicyclic amines) is 1. The molecule has 6 nitrogen and oxygen atoms in total. The van der Waals surface area contributed by atoms with Gasteiger partial charge in [0.05, 0.1) is 10.5 Å². The van der Waals surface area contributed by atoms with Crippen LogP contribution in [-0.4, -0.2) is 49.1 Å². The summed E-state index contributed by atoms with van der Waals surface area (Å²) in [6.45, 7) is 3.25. The van der Waals surface area contributed by atoms with E-state index in [1.807, 2.05) is 11.8 Å². The summed E-state index contributed by atoms with van der Waals surface area (Å²) in [5.74, 6) is 0.379. The molecule has 1 saturated heterocycles. The molecule has 1 aliphatic heterocycles. The van der Waals surface area contributed by atoms with Gasteiger partial charge in [-0.05, 0) is 64.0 Å². The van der Waals surface area contributed by atoms with Crippen LogP contribution in [0, 0.1) is 18.8 Å². The van der Waals surface area contributed by atoms with E-state index in [2.05, 4.69) is 4.72 Å². The predicted octanol–water partition coefficient (Wildman–Crippen LogP) is 2.99. The average molecular weight is 435 g/mol. The second kappa shape index (κ2) is 8.60. The van der Waals surface area contributed by atoms with Gasteiger partial charge in [-0.1, -0.05) is 30.5 Å². The Balaban J connectivity index is 1.30. The number of carbonyl (C=O) groups excluding carboxylic acids is 1. The third-order valence-electron chi connectivity index (χ3n) is 7.47. The number of rotatable bonds is 4. The van der Waals surface area contributed by atoms with E-state index in [1.54, 1.807) is 24.3 Å². The molecule has 1 heterocycles. The Morgan fingerprint density at radius 2 is 1.77 bits per heavy atom. The summed E-state index contributed by atoms with van der Waals surface area (Å²) in [5, 5.41) is 10.8. The molecule has 3 fully saturated rings. The van der Waals surface area contributed by atoms with E-state index in [1.165, 1.54) is 0 Å². The van der Waals surface area contributed by atoms with Gasteiger partial charge in [0, 0.05) is 31.0 Å². The Morgan fingerprint density at radius 1 is 1.07 bits per heavy atom. The summed E-state index contributed by atoms with van der Waals surface area (Å²) in [6, 6.07) is 6.75. The molecule has 2 atom stereocenters. The van der Waals surface area contributed by atoms with Crippen LogP contribution in [0.25, 0.3) is 0 Å². The summed E-state index contributed by atoms with van der Waals surface area (Å²) < 4.78 is 28.1. The second-order valence-corrected chi connectivity index (χ2v) is 11.3. The molecule has 4 rings (SSSR count). The SMILES string of the molecule is Cc1ccc(S(=O)(=O)NC2CCC(C(=O)N3CC[C@@]4(O)CCCC[C@H]4C3)CC2)cc1. The lowest BCUT2D eigenvalue weighted by Crippen LogP contribution is -2.55. The molecular formula is C23H34N2O4S. The zero-order valence-electron chi connectivity index (χ0n) is 17.8. The van der Waals surface area contributed by atoms with Gasteiger partial charge >= 0.3 is 0 Å². The summed E-state index contributed by atoms with van der Waals surface area (Å²) in [6.07, 6.45) is 7.58. The number of benzene rings is 1. The summed E-state index contributed by atoms with van der Waals surface area (Å²) >= 11 is 0. The molecule has 1 aromatic rings. The standard InChI is InChI=1S/C23H34N2O4S/c1-17-5-11-21(12-6-17)30(28,29)24-20-9-7-18(8-10-20)22(26)25-15-14-23(27)13-3-2-4-19(23)16-25/h5-6,11-12,18-20,24,27H,2-4,7-10,13-16H2,1H3/t18?,19-,20?,23-/m0/s1. The van der Waals surface area contributed by atoms with Gasteiger partial charge in [0.1, 0.15) is 0 Å². The van der Waals surface area contributed by atoms with Crippen LogP contribution in [0.5, 0.6) is 0 Å². The minimum absolute atomic E-state index is 0.0279. The summed E-state index contributed by atoms with van der Waals surface area (Å²) in [5.41, 5.74) is 0.457. The molecule has 166 valence electrons. The summed E-state index contributed by atoms with van der Waals surface area (Å²) in [7, 11) is -3.53. The number of nitrogens with zero attached hydrogens (tertiary/aromatic N) is 1. The number of sulfonamides is 1. The van der Waals surface area contributed by atoms with Gasteiger partial charge in [-0.25, -0.2) is 13.1 Å². The molecule has 0 radical (unpaired) electrons. The maximum Gasteiger partial charge on any atom is 0.240 e. The van der Waals surface area contributed by atoms with Crippen molar-refractivity contribution in [2.75, 3.05) is 13.1 Å². The van der Waals surface area contributed by atoms with Crippen molar-refractivity contribution in [1.82, 2.24) is 9.62 Å². The molecule has 0 spiro atoms. The van der Waals surface area contributed by atoms with Crippen molar-refractivity contribution in [2.45, 2.75) is 81.2 Å². The van der Waals surface area contributed by atoms with Crippen molar-refractivity contribution in [1.29, 1.82) is 0 Å². The number of aryl methyl sites for hydroxylation is 1. The number of nitrogens with one attached hydrogen (secondary N) is 1. The lowest BCUT2D eigenvalue weighted by molar-refractivity contribution is -0.148. The molecule has 0 aromatic heterocycles. The maximum absolute atomic E-state index is 13.1. The summed E-state index contributed by atoms with van der Waals surface area (Å²) in [4.78, 5) is 15.3. The third-order valence-corrected chi connectivity index (χ3v) is 9.01. The largest absolute Gasteiger partial charge is 0.389 e. The number of hydrogen-bond donors (Lipinski definition) is 2. The van der Waals surface area contributed by atoms with E-state index in [0.29, 0.717) is 50.1 Å². The van der Waals surface area contributed by atoms with Gasteiger partial charge in [0.25, 0.3) is 0 Å². The fourth-order valence-corrected chi connectivity index (χ4v) is 6.80. The van der Waals surface area contributed by atoms with Crippen molar-refractivity contribution in [3.8, 4) is 0 Å². The van der Waals surface area contributed by atoms with E-state index in [0.717, 1.165) is 31.2 Å². The fourth-order valence-electron chi connectivity index (χ4n) is 5.49. The molecule has 1 aromatic carbocycles. The molecule has 3 aliphatic rings. The van der Waals surface area contributed by atoms with Gasteiger partial charge in [-0.2, -0.15) is 0 Å². The fraction of sp³-hybridized carbons (Fsp3) is 0.696. The number of carbonyl (C=O) groups is 1. The molecule has 2 N–H and O–H groups in total. The van der Waals surface area contributed by atoms with Gasteiger partial charge in [-0.15, -0.1) is 0 Å². The Bertz CT molecular complexity index is 862. The van der Waals surface area contributed by atoms with E-state index in [4.69, 9.17) is 0 Å². The van der Waals surface area contributed by atoms with Crippen molar-refractivity contribution in [2.24, 2.45) is 11.8 Å². The van der Waals surface area contributed by atoms with Crippen molar-refractivity contribution >= 4 is 15.9 Å². The van der Waals surface area contributed by atoms with Crippen LogP contribution in [0.2, 0.25) is 0 Å². The number of aliphatic hydroxyl groups is 1. The number of amides is 1. The monoisotopic (exact) mass is 434 g/mol. The molecule has 7 heteroatoms. The highest BCUT2D eigenvalue weighted by atomic mass is 32.2. The van der Waals surface area contributed by atoms with E-state index < -0.39 is 15.6 Å². The Hall–Kier alpha value is -1.44. The van der Waals surface area contributed by atoms with Crippen LogP contribution in [0.4, 0.5) is 0 Å². The lowest BCUT2D eigenvalue weighted by Gasteiger charge is -2.48. The van der Waals surface area contributed by atoms with Gasteiger partial charge in [0.2, 0.25) is 15.9 Å². The van der Waals surface area contributed by atoms with Gasteiger partial charge in [0.15, 0.2) is 0 Å². The van der Waals surface area contributed by atoms with Crippen LogP contribution in [0.3, 0.4) is 0 Å². The average Bonchev–Trinajstić information content (AvgIpc) is 2.73. The Morgan fingerprint density at radius 3 is 2.47 bits per heavy atom. The molecule has 0 bridgehead atoms. The van der Waals surface area contributed by atoms with Crippen LogP contribution in [0.15, 0.2) is 29.2 Å². The zero-order chi connectivity index (χ0) is 21.4. The van der Waals surface area contributed by atoms with Crippen LogP contribution in [0.1, 0.15) is 63.4 Å². The Kier molecular flexibility index (Phi) is 6.24. The first kappa shape index (κ1) is 21.8. The highest BCUT2D eigenvalue weighted by Crippen LogP contribution is 2.40. The number of hydrogen-bond acceptors (Lipinski definition) is 4. The second-order valence-electron chi connectivity index (χ2n) is 9.56. The minimum Gasteiger partial charge on any atom is -0.389 e. The van der Waals surface area contributed by atoms with Crippen LogP contribution in [-0.2, 0) is 14.8 Å². The van der Waals surface area contributed by atoms with Gasteiger partial charge in [-0.3, -0.25) is 4.79 Å². The van der Waals surface area contributed by atoms with Crippen LogP contribution < -0.4 is 4.72 Å². The Labute approximate surface area is 180 Å². The smallest absolute Gasteiger partial charge is 0.240 e. The number of fused-ring (bicyclic) bond motifs is 1. The first-order chi connectivity index (χ1) is 14.3. The molecule has 0 unspecified atom stereocenters. The van der Waals surface area contributed by atoms with E-state index in [9.17, 15) is 18.3 Å².